The number of piperazine rings is 1. The summed E-state index contributed by atoms with van der Waals surface area (Å²) in [6.45, 7) is 6.80. The number of thiophene rings is 1. The molecular formula is C26H31N7O2S. The van der Waals surface area contributed by atoms with E-state index < -0.39 is 0 Å². The van der Waals surface area contributed by atoms with Gasteiger partial charge in [0.05, 0.1) is 29.1 Å². The molecule has 1 amide bonds. The number of aromatic amines is 1. The molecule has 36 heavy (non-hydrogen) atoms. The molecule has 5 heterocycles. The van der Waals surface area contributed by atoms with Gasteiger partial charge in [-0.15, -0.1) is 11.3 Å². The Hall–Kier alpha value is -2.89. The van der Waals surface area contributed by atoms with E-state index in [0.29, 0.717) is 13.0 Å². The lowest BCUT2D eigenvalue weighted by atomic mass is 10.0. The number of hydrogen-bond donors (Lipinski definition) is 2. The first-order valence-electron chi connectivity index (χ1n) is 12.5. The molecule has 0 bridgehead atoms. The van der Waals surface area contributed by atoms with Crippen LogP contribution in [0.3, 0.4) is 0 Å². The van der Waals surface area contributed by atoms with Crippen LogP contribution in [0.2, 0.25) is 0 Å². The van der Waals surface area contributed by atoms with Crippen molar-refractivity contribution in [1.29, 1.82) is 0 Å². The Bertz CT molecular complexity index is 1310. The van der Waals surface area contributed by atoms with E-state index in [4.69, 9.17) is 10.5 Å². The van der Waals surface area contributed by atoms with Crippen molar-refractivity contribution in [2.45, 2.75) is 18.7 Å². The normalized spacial score (nSPS) is 21.3. The van der Waals surface area contributed by atoms with Crippen molar-refractivity contribution in [3.05, 3.63) is 59.5 Å². The quantitative estimate of drug-likeness (QED) is 0.398. The number of nitrogens with zero attached hydrogens (tertiary/aromatic N) is 5. The van der Waals surface area contributed by atoms with Gasteiger partial charge in [0.15, 0.2) is 0 Å². The Morgan fingerprint density at radius 3 is 2.92 bits per heavy atom. The van der Waals surface area contributed by atoms with Gasteiger partial charge in [-0.3, -0.25) is 14.6 Å². The summed E-state index contributed by atoms with van der Waals surface area (Å²) >= 11 is 1.78. The monoisotopic (exact) mass is 505 g/mol. The fourth-order valence-electron chi connectivity index (χ4n) is 5.49. The van der Waals surface area contributed by atoms with E-state index in [2.05, 4.69) is 60.0 Å². The van der Waals surface area contributed by atoms with E-state index in [1.54, 1.807) is 17.7 Å². The number of hydrogen-bond acceptors (Lipinski definition) is 8. The van der Waals surface area contributed by atoms with Crippen LogP contribution in [0.15, 0.2) is 49.1 Å². The number of aromatic nitrogens is 3. The SMILES string of the molecule is NC(=O)CCN1CCN(C(c2cc3ncncc3s2)N2CCOC(c3cccc4[nH]ccc34)C2)CC1. The molecule has 0 saturated carbocycles. The molecule has 2 fully saturated rings. The van der Waals surface area contributed by atoms with Gasteiger partial charge in [0.2, 0.25) is 5.91 Å². The molecule has 2 saturated heterocycles. The topological polar surface area (TPSA) is 104 Å². The van der Waals surface area contributed by atoms with Gasteiger partial charge < -0.3 is 20.4 Å². The van der Waals surface area contributed by atoms with Crippen molar-refractivity contribution in [1.82, 2.24) is 29.7 Å². The number of nitrogens with two attached hydrogens (primary N) is 1. The number of carbonyl (C=O) groups excluding carboxylic acids is 1. The Morgan fingerprint density at radius 1 is 1.19 bits per heavy atom. The number of H-pyrrole nitrogens is 1. The summed E-state index contributed by atoms with van der Waals surface area (Å²) in [6, 6.07) is 10.8. The third-order valence-electron chi connectivity index (χ3n) is 7.32. The molecule has 2 aliphatic rings. The second-order valence-corrected chi connectivity index (χ2v) is 10.6. The lowest BCUT2D eigenvalue weighted by molar-refractivity contribution is -0.118. The van der Waals surface area contributed by atoms with Gasteiger partial charge >= 0.3 is 0 Å². The van der Waals surface area contributed by atoms with Gasteiger partial charge in [0, 0.05) is 80.4 Å². The molecule has 0 aliphatic carbocycles. The highest BCUT2D eigenvalue weighted by atomic mass is 32.1. The molecule has 9 nitrogen and oxygen atoms in total. The van der Waals surface area contributed by atoms with Crippen LogP contribution < -0.4 is 5.73 Å². The van der Waals surface area contributed by atoms with Crippen LogP contribution in [0.25, 0.3) is 21.1 Å². The van der Waals surface area contributed by atoms with Gasteiger partial charge in [-0.1, -0.05) is 12.1 Å². The highest BCUT2D eigenvalue weighted by Gasteiger charge is 2.35. The maximum Gasteiger partial charge on any atom is 0.218 e. The minimum Gasteiger partial charge on any atom is -0.371 e. The molecule has 1 aromatic carbocycles. The Morgan fingerprint density at radius 2 is 2.08 bits per heavy atom. The first-order valence-corrected chi connectivity index (χ1v) is 13.3. The van der Waals surface area contributed by atoms with Crippen LogP contribution in [-0.2, 0) is 9.53 Å². The largest absolute Gasteiger partial charge is 0.371 e. The van der Waals surface area contributed by atoms with Crippen LogP contribution in [0, 0.1) is 0 Å². The minimum absolute atomic E-state index is 0.00627. The molecule has 2 aliphatic heterocycles. The summed E-state index contributed by atoms with van der Waals surface area (Å²) in [5.41, 5.74) is 8.75. The van der Waals surface area contributed by atoms with Crippen molar-refractivity contribution in [2.24, 2.45) is 5.73 Å². The smallest absolute Gasteiger partial charge is 0.218 e. The molecule has 188 valence electrons. The number of amides is 1. The molecule has 3 N–H and O–H groups in total. The average molecular weight is 506 g/mol. The lowest BCUT2D eigenvalue weighted by Crippen LogP contribution is -2.53. The van der Waals surface area contributed by atoms with E-state index >= 15 is 0 Å². The minimum atomic E-state index is -0.238. The van der Waals surface area contributed by atoms with Crippen LogP contribution >= 0.6 is 11.3 Å². The second kappa shape index (κ2) is 10.2. The first kappa shape index (κ1) is 23.5. The predicted octanol–water partition coefficient (Wildman–Crippen LogP) is 2.74. The predicted molar refractivity (Wildman–Crippen MR) is 141 cm³/mol. The number of fused-ring (bicyclic) bond motifs is 2. The standard InChI is InChI=1S/C26H31N7O2S/c27-25(34)5-7-31-8-10-32(11-9-31)26(23-14-21-24(36-23)15-28-17-30-21)33-12-13-35-22(16-33)19-2-1-3-20-18(19)4-6-29-20/h1-4,6,14-15,17,22,26,29H,5,7-13,16H2,(H2,27,34). The Kier molecular flexibility index (Phi) is 6.68. The number of carbonyl (C=O) groups is 1. The number of morpholine rings is 1. The maximum atomic E-state index is 11.3. The zero-order valence-corrected chi connectivity index (χ0v) is 21.0. The third kappa shape index (κ3) is 4.74. The lowest BCUT2D eigenvalue weighted by Gasteiger charge is -2.46. The van der Waals surface area contributed by atoms with E-state index in [-0.39, 0.29) is 18.2 Å². The number of benzene rings is 1. The highest BCUT2D eigenvalue weighted by molar-refractivity contribution is 7.19. The molecule has 6 rings (SSSR count). The van der Waals surface area contributed by atoms with Crippen molar-refractivity contribution < 1.29 is 9.53 Å². The maximum absolute atomic E-state index is 11.3. The van der Waals surface area contributed by atoms with Gasteiger partial charge in [0.1, 0.15) is 6.33 Å². The van der Waals surface area contributed by atoms with Crippen LogP contribution in [0.1, 0.15) is 29.1 Å². The number of nitrogens with one attached hydrogen (secondary N) is 1. The first-order chi connectivity index (χ1) is 17.7. The summed E-state index contributed by atoms with van der Waals surface area (Å²) in [7, 11) is 0. The highest BCUT2D eigenvalue weighted by Crippen LogP contribution is 2.38. The van der Waals surface area contributed by atoms with Crippen LogP contribution in [0.5, 0.6) is 0 Å². The van der Waals surface area contributed by atoms with E-state index in [9.17, 15) is 4.79 Å². The Labute approximate surface area is 213 Å². The van der Waals surface area contributed by atoms with Gasteiger partial charge in [-0.25, -0.2) is 9.97 Å². The molecular weight excluding hydrogens is 474 g/mol. The molecule has 4 aromatic rings. The number of rotatable bonds is 7. The molecule has 2 atom stereocenters. The van der Waals surface area contributed by atoms with E-state index in [0.717, 1.165) is 61.5 Å². The number of ether oxygens (including phenoxy) is 1. The molecule has 10 heteroatoms. The zero-order valence-electron chi connectivity index (χ0n) is 20.2. The van der Waals surface area contributed by atoms with Crippen LogP contribution in [0.4, 0.5) is 0 Å². The summed E-state index contributed by atoms with van der Waals surface area (Å²) < 4.78 is 7.44. The summed E-state index contributed by atoms with van der Waals surface area (Å²) in [6.07, 6.45) is 6.07. The molecule has 0 spiro atoms. The van der Waals surface area contributed by atoms with Crippen molar-refractivity contribution >= 4 is 38.4 Å². The fourth-order valence-corrected chi connectivity index (χ4v) is 6.65. The van der Waals surface area contributed by atoms with Gasteiger partial charge in [-0.05, 0) is 23.8 Å². The molecule has 3 aromatic heterocycles. The van der Waals surface area contributed by atoms with Crippen LogP contribution in [-0.4, -0.2) is 88.0 Å². The summed E-state index contributed by atoms with van der Waals surface area (Å²) in [4.78, 5) is 32.1. The molecule has 2 unspecified atom stereocenters. The van der Waals surface area contributed by atoms with Gasteiger partial charge in [-0.2, -0.15) is 0 Å². The second-order valence-electron chi connectivity index (χ2n) is 9.53. The molecule has 0 radical (unpaired) electrons. The van der Waals surface area contributed by atoms with E-state index in [1.165, 1.54) is 15.8 Å². The number of primary amides is 1. The van der Waals surface area contributed by atoms with Crippen molar-refractivity contribution in [3.8, 4) is 0 Å². The average Bonchev–Trinajstić information content (AvgIpc) is 3.55. The van der Waals surface area contributed by atoms with Crippen molar-refractivity contribution in [3.63, 3.8) is 0 Å². The summed E-state index contributed by atoms with van der Waals surface area (Å²) in [5, 5.41) is 1.22. The Balaban J connectivity index is 1.27. The van der Waals surface area contributed by atoms with Gasteiger partial charge in [0.25, 0.3) is 0 Å². The van der Waals surface area contributed by atoms with Crippen molar-refractivity contribution in [2.75, 3.05) is 52.4 Å². The third-order valence-corrected chi connectivity index (χ3v) is 8.41. The van der Waals surface area contributed by atoms with E-state index in [1.807, 2.05) is 12.4 Å². The zero-order chi connectivity index (χ0) is 24.5. The fraction of sp³-hybridized carbons (Fsp3) is 0.423. The summed E-state index contributed by atoms with van der Waals surface area (Å²) in [5.74, 6) is -0.238.